The normalized spacial score (nSPS) is 9.12. The van der Waals surface area contributed by atoms with Crippen LogP contribution in [0.15, 0.2) is 36.5 Å². The number of nitrogens with one attached hydrogen (secondary N) is 1. The number of hydrogen-bond acceptors (Lipinski definition) is 3. The maximum Gasteiger partial charge on any atom is 0.300 e. The van der Waals surface area contributed by atoms with Crippen LogP contribution in [0.25, 0.3) is 10.8 Å². The molecule has 0 aliphatic heterocycles. The molecular formula is C11H11FN2O2. The minimum absolute atomic E-state index is 0.244. The molecule has 0 fully saturated rings. The van der Waals surface area contributed by atoms with Gasteiger partial charge in [0.1, 0.15) is 0 Å². The standard InChI is InChI=1S/C9H7FN2.C2H4O2/c10-12-9-5-7-3-1-2-4-8(7)6-11-9;1-2(3)4/h1-6H,(H,11,12);1H3,(H,3,4). The average Bonchev–Trinajstić information content (AvgIpc) is 2.27. The number of aliphatic carboxylic acids is 1. The number of carboxylic acids is 1. The first-order valence-electron chi connectivity index (χ1n) is 4.54. The van der Waals surface area contributed by atoms with Crippen LogP contribution in [0.3, 0.4) is 0 Å². The maximum atomic E-state index is 11.9. The minimum Gasteiger partial charge on any atom is -0.481 e. The highest BCUT2D eigenvalue weighted by Crippen LogP contribution is 2.15. The van der Waals surface area contributed by atoms with Crippen molar-refractivity contribution in [3.8, 4) is 0 Å². The van der Waals surface area contributed by atoms with Gasteiger partial charge in [-0.15, -0.1) is 4.48 Å². The predicted molar refractivity (Wildman–Crippen MR) is 59.8 cm³/mol. The molecule has 5 heteroatoms. The van der Waals surface area contributed by atoms with Crippen molar-refractivity contribution in [1.82, 2.24) is 4.98 Å². The second kappa shape index (κ2) is 5.65. The Labute approximate surface area is 91.7 Å². The first-order valence-corrected chi connectivity index (χ1v) is 4.54. The van der Waals surface area contributed by atoms with Crippen molar-refractivity contribution in [2.45, 2.75) is 6.92 Å². The van der Waals surface area contributed by atoms with Gasteiger partial charge >= 0.3 is 0 Å². The van der Waals surface area contributed by atoms with Gasteiger partial charge in [0.2, 0.25) is 0 Å². The number of rotatable bonds is 1. The quantitative estimate of drug-likeness (QED) is 0.728. The molecule has 0 radical (unpaired) electrons. The third-order valence-electron chi connectivity index (χ3n) is 1.73. The monoisotopic (exact) mass is 222 g/mol. The summed E-state index contributed by atoms with van der Waals surface area (Å²) in [7, 11) is 0. The van der Waals surface area contributed by atoms with Crippen LogP contribution in [0, 0.1) is 0 Å². The Morgan fingerprint density at radius 2 is 1.94 bits per heavy atom. The van der Waals surface area contributed by atoms with Crippen LogP contribution in [0.4, 0.5) is 10.3 Å². The van der Waals surface area contributed by atoms with Crippen molar-refractivity contribution < 1.29 is 14.4 Å². The van der Waals surface area contributed by atoms with Crippen molar-refractivity contribution in [3.05, 3.63) is 36.5 Å². The molecule has 0 saturated heterocycles. The van der Waals surface area contributed by atoms with E-state index in [1.165, 1.54) is 5.54 Å². The molecular weight excluding hydrogens is 211 g/mol. The number of halogens is 1. The van der Waals surface area contributed by atoms with Crippen LogP contribution in [0.1, 0.15) is 6.92 Å². The predicted octanol–water partition coefficient (Wildman–Crippen LogP) is 2.62. The Hall–Kier alpha value is -2.17. The fourth-order valence-electron chi connectivity index (χ4n) is 1.14. The molecule has 1 aromatic carbocycles. The zero-order valence-electron chi connectivity index (χ0n) is 8.64. The highest BCUT2D eigenvalue weighted by molar-refractivity contribution is 5.83. The lowest BCUT2D eigenvalue weighted by Crippen LogP contribution is -1.85. The number of benzene rings is 1. The summed E-state index contributed by atoms with van der Waals surface area (Å²) in [5.41, 5.74) is 1.51. The van der Waals surface area contributed by atoms with E-state index in [1.54, 1.807) is 12.3 Å². The smallest absolute Gasteiger partial charge is 0.300 e. The van der Waals surface area contributed by atoms with Crippen molar-refractivity contribution in [2.75, 3.05) is 5.54 Å². The Morgan fingerprint density at radius 1 is 1.38 bits per heavy atom. The van der Waals surface area contributed by atoms with Gasteiger partial charge in [-0.2, -0.15) is 0 Å². The fourth-order valence-corrected chi connectivity index (χ4v) is 1.14. The van der Waals surface area contributed by atoms with E-state index in [4.69, 9.17) is 9.90 Å². The molecule has 0 unspecified atom stereocenters. The molecule has 1 heterocycles. The number of carboxylic acid groups (broad SMARTS) is 1. The van der Waals surface area contributed by atoms with Crippen molar-refractivity contribution in [1.29, 1.82) is 0 Å². The highest BCUT2D eigenvalue weighted by Gasteiger charge is 1.94. The summed E-state index contributed by atoms with van der Waals surface area (Å²) in [5, 5.41) is 9.41. The number of carbonyl (C=O) groups is 1. The lowest BCUT2D eigenvalue weighted by atomic mass is 10.2. The third kappa shape index (κ3) is 3.53. The van der Waals surface area contributed by atoms with E-state index >= 15 is 0 Å². The Balaban J connectivity index is 0.000000280. The van der Waals surface area contributed by atoms with Crippen molar-refractivity contribution in [2.24, 2.45) is 0 Å². The van der Waals surface area contributed by atoms with Crippen LogP contribution < -0.4 is 5.54 Å². The number of nitrogens with zero attached hydrogens (tertiary/aromatic N) is 1. The van der Waals surface area contributed by atoms with Gasteiger partial charge in [0, 0.05) is 18.5 Å². The van der Waals surface area contributed by atoms with Crippen LogP contribution in [-0.4, -0.2) is 16.1 Å². The summed E-state index contributed by atoms with van der Waals surface area (Å²) in [4.78, 5) is 12.8. The second-order valence-electron chi connectivity index (χ2n) is 3.03. The van der Waals surface area contributed by atoms with E-state index < -0.39 is 5.97 Å². The molecule has 2 aromatic rings. The van der Waals surface area contributed by atoms with Gasteiger partial charge in [0.25, 0.3) is 5.97 Å². The SMILES string of the molecule is CC(=O)O.FNc1cc2ccccc2cn1. The van der Waals surface area contributed by atoms with E-state index in [2.05, 4.69) is 4.98 Å². The third-order valence-corrected chi connectivity index (χ3v) is 1.73. The van der Waals surface area contributed by atoms with Crippen LogP contribution in [-0.2, 0) is 4.79 Å². The summed E-state index contributed by atoms with van der Waals surface area (Å²) in [6, 6.07) is 9.34. The van der Waals surface area contributed by atoms with Crippen LogP contribution >= 0.6 is 0 Å². The van der Waals surface area contributed by atoms with Gasteiger partial charge in [-0.25, -0.2) is 10.5 Å². The average molecular weight is 222 g/mol. The van der Waals surface area contributed by atoms with Gasteiger partial charge in [-0.3, -0.25) is 4.79 Å². The maximum absolute atomic E-state index is 11.9. The molecule has 0 atom stereocenters. The fraction of sp³-hybridized carbons (Fsp3) is 0.0909. The molecule has 0 aliphatic rings. The second-order valence-corrected chi connectivity index (χ2v) is 3.03. The molecule has 16 heavy (non-hydrogen) atoms. The molecule has 0 saturated carbocycles. The van der Waals surface area contributed by atoms with Gasteiger partial charge < -0.3 is 5.11 Å². The summed E-state index contributed by atoms with van der Waals surface area (Å²) >= 11 is 0. The highest BCUT2D eigenvalue weighted by atomic mass is 19.2. The van der Waals surface area contributed by atoms with E-state index in [1.807, 2.05) is 24.3 Å². The number of hydrogen-bond donors (Lipinski definition) is 2. The van der Waals surface area contributed by atoms with E-state index in [-0.39, 0.29) is 5.82 Å². The summed E-state index contributed by atoms with van der Waals surface area (Å²) in [6.07, 6.45) is 1.64. The molecule has 0 bridgehead atoms. The Morgan fingerprint density at radius 3 is 2.50 bits per heavy atom. The molecule has 4 nitrogen and oxygen atoms in total. The van der Waals surface area contributed by atoms with Gasteiger partial charge in [-0.1, -0.05) is 24.3 Å². The summed E-state index contributed by atoms with van der Waals surface area (Å²) < 4.78 is 11.9. The van der Waals surface area contributed by atoms with Gasteiger partial charge in [0.05, 0.1) is 0 Å². The van der Waals surface area contributed by atoms with E-state index in [9.17, 15) is 4.48 Å². The van der Waals surface area contributed by atoms with Gasteiger partial charge in [-0.05, 0) is 11.5 Å². The molecule has 2 N–H and O–H groups in total. The van der Waals surface area contributed by atoms with Gasteiger partial charge in [0.15, 0.2) is 5.82 Å². The van der Waals surface area contributed by atoms with Crippen molar-refractivity contribution >= 4 is 22.6 Å². The van der Waals surface area contributed by atoms with Crippen LogP contribution in [0.2, 0.25) is 0 Å². The molecule has 84 valence electrons. The van der Waals surface area contributed by atoms with E-state index in [0.29, 0.717) is 0 Å². The largest absolute Gasteiger partial charge is 0.481 e. The summed E-state index contributed by atoms with van der Waals surface area (Å²) in [6.45, 7) is 1.08. The zero-order chi connectivity index (χ0) is 12.0. The lowest BCUT2D eigenvalue weighted by molar-refractivity contribution is -0.134. The number of pyridine rings is 1. The number of fused-ring (bicyclic) bond motifs is 1. The Bertz CT molecular complexity index is 484. The molecule has 1 aromatic heterocycles. The summed E-state index contributed by atoms with van der Waals surface area (Å²) in [5.74, 6) is -0.589. The first-order chi connectivity index (χ1) is 7.63. The number of anilines is 1. The lowest BCUT2D eigenvalue weighted by Gasteiger charge is -1.98. The van der Waals surface area contributed by atoms with Crippen LogP contribution in [0.5, 0.6) is 0 Å². The number of aromatic nitrogens is 1. The minimum atomic E-state index is -0.833. The van der Waals surface area contributed by atoms with E-state index in [0.717, 1.165) is 17.7 Å². The molecule has 2 rings (SSSR count). The Kier molecular flexibility index (Phi) is 4.20. The topological polar surface area (TPSA) is 62.2 Å². The first kappa shape index (κ1) is 11.9. The molecule has 0 amide bonds. The van der Waals surface area contributed by atoms with Crippen molar-refractivity contribution in [3.63, 3.8) is 0 Å². The zero-order valence-corrected chi connectivity index (χ0v) is 8.64. The molecule has 0 aliphatic carbocycles. The molecule has 0 spiro atoms.